The van der Waals surface area contributed by atoms with Crippen molar-refractivity contribution in [3.05, 3.63) is 31.3 Å². The molecular formula is C13H18N4O2S. The van der Waals surface area contributed by atoms with Crippen molar-refractivity contribution >= 4 is 23.3 Å². The molecule has 0 saturated carbocycles. The molecule has 6 nitrogen and oxygen atoms in total. The van der Waals surface area contributed by atoms with Crippen LogP contribution in [0, 0.1) is 11.6 Å². The summed E-state index contributed by atoms with van der Waals surface area (Å²) >= 11 is 5.20. The molecule has 108 valence electrons. The Labute approximate surface area is 121 Å². The molecule has 0 spiro atoms. The van der Waals surface area contributed by atoms with E-state index in [9.17, 15) is 9.59 Å². The van der Waals surface area contributed by atoms with Gasteiger partial charge in [0.2, 0.25) is 0 Å². The van der Waals surface area contributed by atoms with E-state index >= 15 is 0 Å². The Morgan fingerprint density at radius 2 is 1.75 bits per heavy atom. The molecule has 0 amide bonds. The first-order valence-corrected chi connectivity index (χ1v) is 7.16. The zero-order chi connectivity index (χ0) is 14.9. The lowest BCUT2D eigenvalue weighted by Gasteiger charge is -2.13. The van der Waals surface area contributed by atoms with Gasteiger partial charge in [0, 0.05) is 13.1 Å². The van der Waals surface area contributed by atoms with Gasteiger partial charge in [-0.15, -0.1) is 0 Å². The van der Waals surface area contributed by atoms with Crippen LogP contribution in [0.1, 0.15) is 32.5 Å². The first-order valence-electron chi connectivity index (χ1n) is 6.75. The Hall–Kier alpha value is -1.76. The Balaban J connectivity index is 3.03. The maximum Gasteiger partial charge on any atom is 0.332 e. The third-order valence-corrected chi connectivity index (χ3v) is 3.40. The number of aromatic amines is 1. The van der Waals surface area contributed by atoms with Gasteiger partial charge in [0.1, 0.15) is 21.5 Å². The average Bonchev–Trinajstić information content (AvgIpc) is 2.38. The summed E-state index contributed by atoms with van der Waals surface area (Å²) in [5.74, 6) is 0.597. The maximum atomic E-state index is 12.5. The molecule has 7 heteroatoms. The van der Waals surface area contributed by atoms with Gasteiger partial charge in [-0.05, 0) is 19.8 Å². The molecule has 2 aromatic heterocycles. The van der Waals surface area contributed by atoms with Crippen LogP contribution in [-0.4, -0.2) is 19.1 Å². The van der Waals surface area contributed by atoms with Gasteiger partial charge in [-0.1, -0.05) is 26.1 Å². The molecule has 0 aliphatic carbocycles. The molecule has 0 aliphatic rings. The Kier molecular flexibility index (Phi) is 4.17. The van der Waals surface area contributed by atoms with Crippen molar-refractivity contribution in [2.75, 3.05) is 0 Å². The summed E-state index contributed by atoms with van der Waals surface area (Å²) in [6.07, 6.45) is 1.50. The molecule has 0 fully saturated rings. The summed E-state index contributed by atoms with van der Waals surface area (Å²) in [6, 6.07) is 0. The van der Waals surface area contributed by atoms with Crippen molar-refractivity contribution in [1.82, 2.24) is 19.1 Å². The van der Waals surface area contributed by atoms with Gasteiger partial charge in [-0.25, -0.2) is 9.78 Å². The summed E-state index contributed by atoms with van der Waals surface area (Å²) in [4.78, 5) is 32.0. The second kappa shape index (κ2) is 5.70. The molecule has 2 aromatic rings. The monoisotopic (exact) mass is 294 g/mol. The molecule has 2 rings (SSSR count). The second-order valence-electron chi connectivity index (χ2n) is 4.74. The van der Waals surface area contributed by atoms with Crippen molar-refractivity contribution in [2.45, 2.75) is 46.7 Å². The minimum absolute atomic E-state index is 0.246. The van der Waals surface area contributed by atoms with Crippen LogP contribution in [0.2, 0.25) is 0 Å². The largest absolute Gasteiger partial charge is 0.332 e. The summed E-state index contributed by atoms with van der Waals surface area (Å²) < 4.78 is 3.08. The van der Waals surface area contributed by atoms with Gasteiger partial charge in [0.15, 0.2) is 0 Å². The Bertz CT molecular complexity index is 816. The molecule has 20 heavy (non-hydrogen) atoms. The lowest BCUT2D eigenvalue weighted by Crippen LogP contribution is -2.40. The van der Waals surface area contributed by atoms with Gasteiger partial charge in [0.05, 0.1) is 0 Å². The molecular weight excluding hydrogens is 276 g/mol. The van der Waals surface area contributed by atoms with E-state index in [4.69, 9.17) is 12.2 Å². The minimum Gasteiger partial charge on any atom is -0.329 e. The van der Waals surface area contributed by atoms with Gasteiger partial charge >= 0.3 is 5.69 Å². The lowest BCUT2D eigenvalue weighted by molar-refractivity contribution is 0.554. The van der Waals surface area contributed by atoms with Gasteiger partial charge in [0.25, 0.3) is 5.56 Å². The minimum atomic E-state index is -0.354. The quantitative estimate of drug-likeness (QED) is 0.872. The molecule has 0 aliphatic heterocycles. The number of fused-ring (bicyclic) bond motifs is 1. The second-order valence-corrected chi connectivity index (χ2v) is 5.13. The first-order chi connectivity index (χ1) is 9.51. The standard InChI is InChI=1S/C13H18N4O2S/c1-4-6-16-10-9(11(20)15-8(3)14-10)12(18)17(7-5-2)13(16)19/h4-7H2,1-3H3,(H,14,15,20). The van der Waals surface area contributed by atoms with Crippen LogP contribution in [-0.2, 0) is 13.1 Å². The fraction of sp³-hybridized carbons (Fsp3) is 0.538. The molecule has 0 aromatic carbocycles. The van der Waals surface area contributed by atoms with E-state index in [1.165, 1.54) is 4.57 Å². The van der Waals surface area contributed by atoms with Crippen LogP contribution in [0.5, 0.6) is 0 Å². The smallest absolute Gasteiger partial charge is 0.329 e. The van der Waals surface area contributed by atoms with Crippen molar-refractivity contribution in [3.8, 4) is 0 Å². The fourth-order valence-corrected chi connectivity index (χ4v) is 2.60. The summed E-state index contributed by atoms with van der Waals surface area (Å²) in [6.45, 7) is 6.59. The number of H-pyrrole nitrogens is 1. The SMILES string of the molecule is CCCn1c(=O)c2c(=S)nc(C)[nH]c2n(CCC)c1=O. The first kappa shape index (κ1) is 14.6. The van der Waals surface area contributed by atoms with Crippen LogP contribution in [0.15, 0.2) is 9.59 Å². The molecule has 0 atom stereocenters. The summed E-state index contributed by atoms with van der Waals surface area (Å²) in [5, 5.41) is 0.326. The highest BCUT2D eigenvalue weighted by Crippen LogP contribution is 2.07. The summed E-state index contributed by atoms with van der Waals surface area (Å²) in [7, 11) is 0. The highest BCUT2D eigenvalue weighted by atomic mass is 32.1. The van der Waals surface area contributed by atoms with Crippen LogP contribution >= 0.6 is 12.2 Å². The van der Waals surface area contributed by atoms with E-state index in [-0.39, 0.29) is 15.9 Å². The van der Waals surface area contributed by atoms with Crippen LogP contribution in [0.3, 0.4) is 0 Å². The summed E-state index contributed by atoms with van der Waals surface area (Å²) in [5.41, 5.74) is -0.165. The zero-order valence-electron chi connectivity index (χ0n) is 11.9. The molecule has 1 N–H and O–H groups in total. The predicted molar refractivity (Wildman–Crippen MR) is 80.8 cm³/mol. The molecule has 0 bridgehead atoms. The number of aryl methyl sites for hydroxylation is 2. The highest BCUT2D eigenvalue weighted by Gasteiger charge is 2.14. The molecule has 0 radical (unpaired) electrons. The molecule has 0 saturated heterocycles. The number of rotatable bonds is 4. The lowest BCUT2D eigenvalue weighted by atomic mass is 10.3. The Morgan fingerprint density at radius 3 is 2.35 bits per heavy atom. The Morgan fingerprint density at radius 1 is 1.15 bits per heavy atom. The van der Waals surface area contributed by atoms with Crippen LogP contribution in [0.25, 0.3) is 11.0 Å². The highest BCUT2D eigenvalue weighted by molar-refractivity contribution is 7.71. The van der Waals surface area contributed by atoms with Gasteiger partial charge in [-0.3, -0.25) is 13.9 Å². The van der Waals surface area contributed by atoms with E-state index in [1.807, 2.05) is 13.8 Å². The third kappa shape index (κ3) is 2.33. The van der Waals surface area contributed by atoms with E-state index < -0.39 is 0 Å². The third-order valence-electron chi connectivity index (χ3n) is 3.10. The van der Waals surface area contributed by atoms with E-state index in [0.717, 1.165) is 6.42 Å². The van der Waals surface area contributed by atoms with Gasteiger partial charge in [-0.2, -0.15) is 0 Å². The molecule has 0 unspecified atom stereocenters. The number of aromatic nitrogens is 4. The van der Waals surface area contributed by atoms with E-state index in [0.29, 0.717) is 36.4 Å². The normalized spacial score (nSPS) is 11.2. The van der Waals surface area contributed by atoms with Crippen LogP contribution < -0.4 is 11.2 Å². The number of nitrogens with zero attached hydrogens (tertiary/aromatic N) is 3. The fourth-order valence-electron chi connectivity index (χ4n) is 2.28. The number of nitrogens with one attached hydrogen (secondary N) is 1. The maximum absolute atomic E-state index is 12.5. The van der Waals surface area contributed by atoms with Crippen molar-refractivity contribution in [1.29, 1.82) is 0 Å². The van der Waals surface area contributed by atoms with Gasteiger partial charge < -0.3 is 4.98 Å². The van der Waals surface area contributed by atoms with Crippen LogP contribution in [0.4, 0.5) is 0 Å². The zero-order valence-corrected chi connectivity index (χ0v) is 12.7. The predicted octanol–water partition coefficient (Wildman–Crippen LogP) is 1.74. The average molecular weight is 294 g/mol. The topological polar surface area (TPSA) is 72.7 Å². The van der Waals surface area contributed by atoms with E-state index in [2.05, 4.69) is 9.97 Å². The van der Waals surface area contributed by atoms with Crippen molar-refractivity contribution in [3.63, 3.8) is 0 Å². The van der Waals surface area contributed by atoms with Crippen molar-refractivity contribution in [2.24, 2.45) is 0 Å². The number of hydrogen-bond acceptors (Lipinski definition) is 4. The van der Waals surface area contributed by atoms with Crippen molar-refractivity contribution < 1.29 is 0 Å². The van der Waals surface area contributed by atoms with E-state index in [1.54, 1.807) is 11.5 Å². The molecule has 2 heterocycles. The number of hydrogen-bond donors (Lipinski definition) is 1.